The van der Waals surface area contributed by atoms with Crippen LogP contribution in [0.5, 0.6) is 0 Å². The number of hydrogen-bond donors (Lipinski definition) is 2. The van der Waals surface area contributed by atoms with Crippen molar-refractivity contribution in [3.8, 4) is 0 Å². The summed E-state index contributed by atoms with van der Waals surface area (Å²) < 4.78 is 0. The number of aromatic nitrogens is 2. The van der Waals surface area contributed by atoms with E-state index in [1.54, 1.807) is 6.07 Å². The summed E-state index contributed by atoms with van der Waals surface area (Å²) in [5.74, 6) is 0.753. The van der Waals surface area contributed by atoms with Gasteiger partial charge in [-0.3, -0.25) is 4.79 Å². The van der Waals surface area contributed by atoms with Crippen LogP contribution in [0.25, 0.3) is 0 Å². The molecule has 1 aliphatic carbocycles. The zero-order chi connectivity index (χ0) is 16.8. The molecular formula is C17H28N4OS. The number of aryl methyl sites for hydroxylation is 1. The van der Waals surface area contributed by atoms with Crippen LogP contribution in [0.2, 0.25) is 0 Å². The van der Waals surface area contributed by atoms with E-state index in [-0.39, 0.29) is 17.1 Å². The SMILES string of the molecule is Cc1cc(N)nc(S[C@H](C(=O)NC2CCCCCC2)C(C)C)n1. The number of nitrogen functional groups attached to an aromatic ring is 1. The average Bonchev–Trinajstić information content (AvgIpc) is 2.72. The van der Waals surface area contributed by atoms with Gasteiger partial charge in [0.1, 0.15) is 5.82 Å². The van der Waals surface area contributed by atoms with Gasteiger partial charge < -0.3 is 11.1 Å². The number of thioether (sulfide) groups is 1. The molecule has 0 spiro atoms. The van der Waals surface area contributed by atoms with Crippen molar-refractivity contribution in [2.24, 2.45) is 5.92 Å². The van der Waals surface area contributed by atoms with Crippen LogP contribution in [-0.2, 0) is 4.79 Å². The Hall–Kier alpha value is -1.30. The van der Waals surface area contributed by atoms with E-state index in [1.165, 1.54) is 37.4 Å². The van der Waals surface area contributed by atoms with E-state index in [9.17, 15) is 4.79 Å². The molecule has 1 saturated carbocycles. The fourth-order valence-corrected chi connectivity index (χ4v) is 3.96. The summed E-state index contributed by atoms with van der Waals surface area (Å²) in [5, 5.41) is 3.63. The van der Waals surface area contributed by atoms with Crippen molar-refractivity contribution < 1.29 is 4.79 Å². The van der Waals surface area contributed by atoms with Crippen LogP contribution in [0, 0.1) is 12.8 Å². The quantitative estimate of drug-likeness (QED) is 0.490. The Balaban J connectivity index is 2.03. The maximum atomic E-state index is 12.7. The summed E-state index contributed by atoms with van der Waals surface area (Å²) in [7, 11) is 0. The monoisotopic (exact) mass is 336 g/mol. The van der Waals surface area contributed by atoms with Crippen molar-refractivity contribution in [2.75, 3.05) is 5.73 Å². The molecule has 1 aromatic rings. The Labute approximate surface area is 143 Å². The first-order valence-electron chi connectivity index (χ1n) is 8.54. The van der Waals surface area contributed by atoms with Crippen LogP contribution in [0.1, 0.15) is 58.1 Å². The van der Waals surface area contributed by atoms with E-state index in [0.717, 1.165) is 18.5 Å². The van der Waals surface area contributed by atoms with Crippen LogP contribution < -0.4 is 11.1 Å². The highest BCUT2D eigenvalue weighted by molar-refractivity contribution is 8.00. The van der Waals surface area contributed by atoms with Gasteiger partial charge in [-0.05, 0) is 25.7 Å². The normalized spacial score (nSPS) is 17.7. The number of nitrogens with two attached hydrogens (primary N) is 1. The van der Waals surface area contributed by atoms with Crippen LogP contribution >= 0.6 is 11.8 Å². The summed E-state index contributed by atoms with van der Waals surface area (Å²) in [6.45, 7) is 6.01. The van der Waals surface area contributed by atoms with Gasteiger partial charge in [-0.2, -0.15) is 0 Å². The maximum absolute atomic E-state index is 12.7. The Morgan fingerprint density at radius 2 is 1.91 bits per heavy atom. The molecule has 1 heterocycles. The molecule has 1 fully saturated rings. The lowest BCUT2D eigenvalue weighted by Gasteiger charge is -2.23. The molecule has 0 radical (unpaired) electrons. The molecule has 128 valence electrons. The highest BCUT2D eigenvalue weighted by atomic mass is 32.2. The molecule has 0 saturated heterocycles. The lowest BCUT2D eigenvalue weighted by molar-refractivity contribution is -0.122. The molecular weight excluding hydrogens is 308 g/mol. The van der Waals surface area contributed by atoms with E-state index in [1.807, 2.05) is 6.92 Å². The van der Waals surface area contributed by atoms with E-state index < -0.39 is 0 Å². The van der Waals surface area contributed by atoms with Crippen molar-refractivity contribution in [1.29, 1.82) is 0 Å². The molecule has 0 bridgehead atoms. The number of amides is 1. The van der Waals surface area contributed by atoms with Crippen LogP contribution in [0.3, 0.4) is 0 Å². The fraction of sp³-hybridized carbons (Fsp3) is 0.706. The topological polar surface area (TPSA) is 80.9 Å². The van der Waals surface area contributed by atoms with Gasteiger partial charge in [0.15, 0.2) is 5.16 Å². The molecule has 3 N–H and O–H groups in total. The molecule has 2 rings (SSSR count). The second-order valence-corrected chi connectivity index (χ2v) is 7.81. The Bertz CT molecular complexity index is 507. The van der Waals surface area contributed by atoms with Crippen LogP contribution in [0.15, 0.2) is 11.2 Å². The van der Waals surface area contributed by atoms with E-state index >= 15 is 0 Å². The van der Waals surface area contributed by atoms with Gasteiger partial charge in [0.2, 0.25) is 5.91 Å². The van der Waals surface area contributed by atoms with Gasteiger partial charge in [0, 0.05) is 17.8 Å². The summed E-state index contributed by atoms with van der Waals surface area (Å²) in [5.41, 5.74) is 6.61. The van der Waals surface area contributed by atoms with Crippen molar-refractivity contribution in [3.05, 3.63) is 11.8 Å². The molecule has 6 heteroatoms. The Morgan fingerprint density at radius 3 is 2.48 bits per heavy atom. The first-order chi connectivity index (χ1) is 11.0. The molecule has 5 nitrogen and oxygen atoms in total. The van der Waals surface area contributed by atoms with Crippen LogP contribution in [-0.4, -0.2) is 27.2 Å². The van der Waals surface area contributed by atoms with Crippen molar-refractivity contribution >= 4 is 23.5 Å². The zero-order valence-corrected chi connectivity index (χ0v) is 15.2. The molecule has 23 heavy (non-hydrogen) atoms. The first kappa shape index (κ1) is 18.0. The number of carbonyl (C=O) groups excluding carboxylic acids is 1. The molecule has 0 aromatic carbocycles. The minimum atomic E-state index is -0.195. The van der Waals surface area contributed by atoms with Crippen LogP contribution in [0.4, 0.5) is 5.82 Å². The molecule has 1 atom stereocenters. The maximum Gasteiger partial charge on any atom is 0.234 e. The number of rotatable bonds is 5. The van der Waals surface area contributed by atoms with Crippen molar-refractivity contribution in [1.82, 2.24) is 15.3 Å². The summed E-state index contributed by atoms with van der Waals surface area (Å²) in [4.78, 5) is 21.4. The number of hydrogen-bond acceptors (Lipinski definition) is 5. The predicted octanol–water partition coefficient (Wildman–Crippen LogP) is 3.32. The Kier molecular flexibility index (Phi) is 6.69. The van der Waals surface area contributed by atoms with E-state index in [4.69, 9.17) is 5.73 Å². The van der Waals surface area contributed by atoms with Crippen molar-refractivity contribution in [2.45, 2.75) is 75.7 Å². The number of nitrogens with zero attached hydrogens (tertiary/aromatic N) is 2. The molecule has 1 aromatic heterocycles. The first-order valence-corrected chi connectivity index (χ1v) is 9.42. The smallest absolute Gasteiger partial charge is 0.234 e. The summed E-state index contributed by atoms with van der Waals surface area (Å²) in [6, 6.07) is 2.05. The van der Waals surface area contributed by atoms with E-state index in [2.05, 4.69) is 29.1 Å². The number of anilines is 1. The second-order valence-electron chi connectivity index (χ2n) is 6.70. The average molecular weight is 337 g/mol. The molecule has 0 unspecified atom stereocenters. The highest BCUT2D eigenvalue weighted by Crippen LogP contribution is 2.27. The second kappa shape index (κ2) is 8.52. The molecule has 1 amide bonds. The summed E-state index contributed by atoms with van der Waals surface area (Å²) >= 11 is 1.41. The van der Waals surface area contributed by atoms with Gasteiger partial charge in [0.05, 0.1) is 5.25 Å². The van der Waals surface area contributed by atoms with Gasteiger partial charge >= 0.3 is 0 Å². The lowest BCUT2D eigenvalue weighted by Crippen LogP contribution is -2.42. The number of carbonyl (C=O) groups is 1. The van der Waals surface area contributed by atoms with Gasteiger partial charge in [-0.1, -0.05) is 51.3 Å². The number of nitrogens with one attached hydrogen (secondary N) is 1. The summed E-state index contributed by atoms with van der Waals surface area (Å²) in [6.07, 6.45) is 7.17. The minimum Gasteiger partial charge on any atom is -0.384 e. The predicted molar refractivity (Wildman–Crippen MR) is 95.3 cm³/mol. The lowest BCUT2D eigenvalue weighted by atomic mass is 10.1. The van der Waals surface area contributed by atoms with Gasteiger partial charge in [-0.15, -0.1) is 0 Å². The fourth-order valence-electron chi connectivity index (χ4n) is 2.93. The Morgan fingerprint density at radius 1 is 1.26 bits per heavy atom. The van der Waals surface area contributed by atoms with Crippen molar-refractivity contribution in [3.63, 3.8) is 0 Å². The molecule has 0 aliphatic heterocycles. The molecule has 1 aliphatic rings. The third-order valence-corrected chi connectivity index (χ3v) is 5.56. The van der Waals surface area contributed by atoms with Gasteiger partial charge in [-0.25, -0.2) is 9.97 Å². The largest absolute Gasteiger partial charge is 0.384 e. The third kappa shape index (κ3) is 5.68. The highest BCUT2D eigenvalue weighted by Gasteiger charge is 2.27. The standard InChI is InChI=1S/C17H28N4OS/c1-11(2)15(23-17-19-12(3)10-14(18)21-17)16(22)20-13-8-6-4-5-7-9-13/h10-11,13,15H,4-9H2,1-3H3,(H,20,22)(H2,18,19,21)/t15-/m0/s1. The zero-order valence-electron chi connectivity index (χ0n) is 14.3. The third-order valence-electron chi connectivity index (χ3n) is 4.15. The minimum absolute atomic E-state index is 0.0978. The van der Waals surface area contributed by atoms with Gasteiger partial charge in [0.25, 0.3) is 0 Å². The van der Waals surface area contributed by atoms with E-state index in [0.29, 0.717) is 17.0 Å².